The molecule has 2 heterocycles. The maximum absolute atomic E-state index is 12.2. The molecule has 6 heteroatoms. The highest BCUT2D eigenvalue weighted by atomic mass is 16.5. The van der Waals surface area contributed by atoms with Crippen molar-refractivity contribution in [1.82, 2.24) is 15.4 Å². The van der Waals surface area contributed by atoms with Crippen LogP contribution in [-0.2, 0) is 16.1 Å². The van der Waals surface area contributed by atoms with Crippen molar-refractivity contribution >= 4 is 5.91 Å². The van der Waals surface area contributed by atoms with E-state index in [0.29, 0.717) is 19.7 Å². The van der Waals surface area contributed by atoms with Gasteiger partial charge in [0.2, 0.25) is 5.91 Å². The van der Waals surface area contributed by atoms with Gasteiger partial charge in [-0.1, -0.05) is 5.16 Å². The summed E-state index contributed by atoms with van der Waals surface area (Å²) >= 11 is 0. The molecule has 1 amide bonds. The number of ether oxygens (including phenoxy) is 1. The van der Waals surface area contributed by atoms with Crippen LogP contribution in [0.4, 0.5) is 0 Å². The minimum Gasteiger partial charge on any atom is -0.375 e. The predicted octanol–water partition coefficient (Wildman–Crippen LogP) is 0.00990. The zero-order chi connectivity index (χ0) is 12.3. The fourth-order valence-electron chi connectivity index (χ4n) is 1.89. The standard InChI is InChI=1S/C11H17N3O3/c1-8-10(12-4-6-16-8)11(15)14(2)7-9-3-5-17-13-9/h3,5,8,10,12H,4,6-7H2,1-2H3/t8-,10+/m1/s1. The highest BCUT2D eigenvalue weighted by Crippen LogP contribution is 2.09. The van der Waals surface area contributed by atoms with Crippen molar-refractivity contribution in [3.8, 4) is 0 Å². The summed E-state index contributed by atoms with van der Waals surface area (Å²) in [6, 6.07) is 1.47. The monoisotopic (exact) mass is 239 g/mol. The molecule has 0 aliphatic carbocycles. The van der Waals surface area contributed by atoms with Crippen LogP contribution in [0.25, 0.3) is 0 Å². The molecule has 1 N–H and O–H groups in total. The largest absolute Gasteiger partial charge is 0.375 e. The van der Waals surface area contributed by atoms with E-state index in [0.717, 1.165) is 5.69 Å². The average molecular weight is 239 g/mol. The van der Waals surface area contributed by atoms with Gasteiger partial charge in [0.05, 0.1) is 19.3 Å². The smallest absolute Gasteiger partial charge is 0.242 e. The van der Waals surface area contributed by atoms with Gasteiger partial charge in [-0.2, -0.15) is 0 Å². The van der Waals surface area contributed by atoms with E-state index in [2.05, 4.69) is 10.5 Å². The topological polar surface area (TPSA) is 67.6 Å². The van der Waals surface area contributed by atoms with Crippen LogP contribution in [-0.4, -0.2) is 48.3 Å². The first-order chi connectivity index (χ1) is 8.18. The van der Waals surface area contributed by atoms with Crippen LogP contribution < -0.4 is 5.32 Å². The Labute approximate surface area is 99.9 Å². The fraction of sp³-hybridized carbons (Fsp3) is 0.636. The third kappa shape index (κ3) is 2.83. The Hall–Kier alpha value is -1.40. The maximum atomic E-state index is 12.2. The van der Waals surface area contributed by atoms with Crippen LogP contribution in [0, 0.1) is 0 Å². The lowest BCUT2D eigenvalue weighted by Gasteiger charge is -2.32. The lowest BCUT2D eigenvalue weighted by molar-refractivity contribution is -0.138. The van der Waals surface area contributed by atoms with E-state index in [-0.39, 0.29) is 18.1 Å². The molecule has 0 radical (unpaired) electrons. The quantitative estimate of drug-likeness (QED) is 0.804. The average Bonchev–Trinajstić information content (AvgIpc) is 2.81. The van der Waals surface area contributed by atoms with Crippen molar-refractivity contribution in [1.29, 1.82) is 0 Å². The third-order valence-electron chi connectivity index (χ3n) is 2.85. The number of likely N-dealkylation sites (N-methyl/N-ethyl adjacent to an activating group) is 1. The summed E-state index contributed by atoms with van der Waals surface area (Å²) in [5.74, 6) is 0.0141. The minimum atomic E-state index is -0.277. The molecule has 0 aromatic carbocycles. The van der Waals surface area contributed by atoms with E-state index in [1.54, 1.807) is 18.0 Å². The molecule has 6 nitrogen and oxygen atoms in total. The van der Waals surface area contributed by atoms with Crippen molar-refractivity contribution in [2.75, 3.05) is 20.2 Å². The number of amides is 1. The van der Waals surface area contributed by atoms with Crippen LogP contribution in [0.1, 0.15) is 12.6 Å². The Morgan fingerprint density at radius 3 is 3.18 bits per heavy atom. The lowest BCUT2D eigenvalue weighted by atomic mass is 10.1. The molecule has 1 fully saturated rings. The van der Waals surface area contributed by atoms with Gasteiger partial charge < -0.3 is 19.5 Å². The van der Waals surface area contributed by atoms with E-state index >= 15 is 0 Å². The van der Waals surface area contributed by atoms with Gasteiger partial charge in [-0.25, -0.2) is 0 Å². The summed E-state index contributed by atoms with van der Waals surface area (Å²) in [6.45, 7) is 3.70. The van der Waals surface area contributed by atoms with Crippen LogP contribution in [0.15, 0.2) is 16.9 Å². The lowest BCUT2D eigenvalue weighted by Crippen LogP contribution is -2.55. The molecule has 0 saturated carbocycles. The first-order valence-electron chi connectivity index (χ1n) is 5.67. The Balaban J connectivity index is 1.94. The third-order valence-corrected chi connectivity index (χ3v) is 2.85. The molecule has 1 aliphatic rings. The summed E-state index contributed by atoms with van der Waals surface area (Å²) in [4.78, 5) is 13.8. The molecule has 94 valence electrons. The highest BCUT2D eigenvalue weighted by Gasteiger charge is 2.30. The first-order valence-corrected chi connectivity index (χ1v) is 5.67. The van der Waals surface area contributed by atoms with Gasteiger partial charge in [0.25, 0.3) is 0 Å². The van der Waals surface area contributed by atoms with Crippen LogP contribution in [0.3, 0.4) is 0 Å². The minimum absolute atomic E-state index is 0.0141. The number of rotatable bonds is 3. The zero-order valence-electron chi connectivity index (χ0n) is 10.0. The molecule has 1 aliphatic heterocycles. The Morgan fingerprint density at radius 1 is 1.71 bits per heavy atom. The fourth-order valence-corrected chi connectivity index (χ4v) is 1.89. The summed E-state index contributed by atoms with van der Waals surface area (Å²) in [6.07, 6.45) is 1.40. The van der Waals surface area contributed by atoms with Crippen LogP contribution in [0.2, 0.25) is 0 Å². The molecular weight excluding hydrogens is 222 g/mol. The van der Waals surface area contributed by atoms with Crippen molar-refractivity contribution in [2.24, 2.45) is 0 Å². The second-order valence-corrected chi connectivity index (χ2v) is 4.19. The maximum Gasteiger partial charge on any atom is 0.242 e. The first kappa shape index (κ1) is 12.1. The highest BCUT2D eigenvalue weighted by molar-refractivity contribution is 5.82. The van der Waals surface area contributed by atoms with Crippen molar-refractivity contribution in [3.05, 3.63) is 18.0 Å². The number of carbonyl (C=O) groups is 1. The predicted molar refractivity (Wildman–Crippen MR) is 60.2 cm³/mol. The molecular formula is C11H17N3O3. The Bertz CT molecular complexity index is 366. The summed E-state index contributed by atoms with van der Waals surface area (Å²) in [5, 5.41) is 6.95. The van der Waals surface area contributed by atoms with Crippen LogP contribution >= 0.6 is 0 Å². The summed E-state index contributed by atoms with van der Waals surface area (Å²) in [7, 11) is 1.75. The van der Waals surface area contributed by atoms with Gasteiger partial charge in [0.15, 0.2) is 0 Å². The number of hydrogen-bond donors (Lipinski definition) is 1. The van der Waals surface area contributed by atoms with Gasteiger partial charge in [-0.15, -0.1) is 0 Å². The van der Waals surface area contributed by atoms with Crippen molar-refractivity contribution in [3.63, 3.8) is 0 Å². The molecule has 2 rings (SSSR count). The summed E-state index contributed by atoms with van der Waals surface area (Å²) in [5.41, 5.74) is 0.741. The molecule has 0 unspecified atom stereocenters. The van der Waals surface area contributed by atoms with E-state index in [1.165, 1.54) is 6.26 Å². The molecule has 0 spiro atoms. The van der Waals surface area contributed by atoms with E-state index in [1.807, 2.05) is 6.92 Å². The molecule has 0 bridgehead atoms. The zero-order valence-corrected chi connectivity index (χ0v) is 10.0. The number of carbonyl (C=O) groups excluding carboxylic acids is 1. The number of hydrogen-bond acceptors (Lipinski definition) is 5. The number of aromatic nitrogens is 1. The van der Waals surface area contributed by atoms with E-state index in [4.69, 9.17) is 9.26 Å². The number of nitrogens with zero attached hydrogens (tertiary/aromatic N) is 2. The van der Waals surface area contributed by atoms with Gasteiger partial charge in [0, 0.05) is 19.7 Å². The Kier molecular flexibility index (Phi) is 3.75. The number of nitrogens with one attached hydrogen (secondary N) is 1. The van der Waals surface area contributed by atoms with Gasteiger partial charge in [0.1, 0.15) is 18.0 Å². The van der Waals surface area contributed by atoms with Crippen molar-refractivity contribution in [2.45, 2.75) is 25.6 Å². The van der Waals surface area contributed by atoms with E-state index in [9.17, 15) is 4.79 Å². The SMILES string of the molecule is C[C@H]1OCCN[C@@H]1C(=O)N(C)Cc1ccon1. The van der Waals surface area contributed by atoms with Crippen molar-refractivity contribution < 1.29 is 14.1 Å². The molecule has 2 atom stereocenters. The summed E-state index contributed by atoms with van der Waals surface area (Å²) < 4.78 is 10.2. The Morgan fingerprint density at radius 2 is 2.53 bits per heavy atom. The molecule has 17 heavy (non-hydrogen) atoms. The van der Waals surface area contributed by atoms with Gasteiger partial charge in [-0.3, -0.25) is 4.79 Å². The van der Waals surface area contributed by atoms with Gasteiger partial charge >= 0.3 is 0 Å². The molecule has 1 aromatic heterocycles. The normalized spacial score (nSPS) is 24.6. The second kappa shape index (κ2) is 5.29. The van der Waals surface area contributed by atoms with Gasteiger partial charge in [-0.05, 0) is 6.92 Å². The number of morpholine rings is 1. The molecule has 1 saturated heterocycles. The van der Waals surface area contributed by atoms with E-state index < -0.39 is 0 Å². The second-order valence-electron chi connectivity index (χ2n) is 4.19. The molecule has 1 aromatic rings. The van der Waals surface area contributed by atoms with Crippen LogP contribution in [0.5, 0.6) is 0 Å².